The molecule has 3 rings (SSSR count). The first kappa shape index (κ1) is 18.1. The maximum absolute atomic E-state index is 12.4. The maximum Gasteiger partial charge on any atom is 0.241 e. The fourth-order valence-corrected chi connectivity index (χ4v) is 3.67. The number of carbonyl (C=O) groups excluding carboxylic acids is 1. The first-order chi connectivity index (χ1) is 12.5. The smallest absolute Gasteiger partial charge is 0.241 e. The van der Waals surface area contributed by atoms with Crippen molar-refractivity contribution in [3.05, 3.63) is 72.3 Å². The number of rotatable bonds is 6. The Labute approximate surface area is 153 Å². The monoisotopic (exact) mass is 368 g/mol. The summed E-state index contributed by atoms with van der Waals surface area (Å²) in [4.78, 5) is 12.2. The highest BCUT2D eigenvalue weighted by Crippen LogP contribution is 2.18. The van der Waals surface area contributed by atoms with Gasteiger partial charge in [-0.1, -0.05) is 49.4 Å². The molecule has 0 atom stereocenters. The second-order valence-corrected chi connectivity index (χ2v) is 7.70. The fourth-order valence-electron chi connectivity index (χ4n) is 2.65. The van der Waals surface area contributed by atoms with Crippen LogP contribution in [0, 0.1) is 0 Å². The molecule has 0 spiro atoms. The molecule has 134 valence electrons. The zero-order valence-corrected chi connectivity index (χ0v) is 15.2. The first-order valence-electron chi connectivity index (χ1n) is 8.35. The molecule has 3 aromatic rings. The van der Waals surface area contributed by atoms with Gasteiger partial charge in [-0.05, 0) is 47.0 Å². The van der Waals surface area contributed by atoms with E-state index in [0.29, 0.717) is 5.69 Å². The average molecular weight is 368 g/mol. The summed E-state index contributed by atoms with van der Waals surface area (Å²) < 4.78 is 27.2. The van der Waals surface area contributed by atoms with Gasteiger partial charge in [-0.15, -0.1) is 0 Å². The largest absolute Gasteiger partial charge is 0.325 e. The van der Waals surface area contributed by atoms with Gasteiger partial charge in [-0.2, -0.15) is 0 Å². The summed E-state index contributed by atoms with van der Waals surface area (Å²) in [6.07, 6.45) is 0.859. The second-order valence-electron chi connectivity index (χ2n) is 5.94. The van der Waals surface area contributed by atoms with Crippen molar-refractivity contribution in [2.24, 2.45) is 0 Å². The Morgan fingerprint density at radius 1 is 0.923 bits per heavy atom. The van der Waals surface area contributed by atoms with Crippen LogP contribution < -0.4 is 10.0 Å². The molecule has 6 heteroatoms. The topological polar surface area (TPSA) is 75.3 Å². The average Bonchev–Trinajstić information content (AvgIpc) is 2.66. The molecule has 3 aromatic carbocycles. The summed E-state index contributed by atoms with van der Waals surface area (Å²) >= 11 is 0. The summed E-state index contributed by atoms with van der Waals surface area (Å²) in [6.45, 7) is 1.70. The Bertz CT molecular complexity index is 1050. The Morgan fingerprint density at radius 3 is 2.46 bits per heavy atom. The van der Waals surface area contributed by atoms with Crippen molar-refractivity contribution in [3.8, 4) is 0 Å². The van der Waals surface area contributed by atoms with Crippen LogP contribution in [-0.2, 0) is 21.2 Å². The van der Waals surface area contributed by atoms with Crippen LogP contribution in [-0.4, -0.2) is 20.9 Å². The number of aryl methyl sites for hydroxylation is 1. The number of amides is 1. The zero-order chi connectivity index (χ0) is 18.6. The van der Waals surface area contributed by atoms with E-state index < -0.39 is 15.9 Å². The van der Waals surface area contributed by atoms with Crippen LogP contribution in [0.1, 0.15) is 12.5 Å². The van der Waals surface area contributed by atoms with Gasteiger partial charge in [0.15, 0.2) is 0 Å². The van der Waals surface area contributed by atoms with Crippen LogP contribution >= 0.6 is 0 Å². The van der Waals surface area contributed by atoms with E-state index in [0.717, 1.165) is 22.8 Å². The van der Waals surface area contributed by atoms with Crippen molar-refractivity contribution in [1.82, 2.24) is 4.72 Å². The Hall–Kier alpha value is -2.70. The molecule has 0 aliphatic rings. The molecular weight excluding hydrogens is 348 g/mol. The van der Waals surface area contributed by atoms with Crippen LogP contribution in [0.4, 0.5) is 5.69 Å². The second kappa shape index (κ2) is 7.68. The normalized spacial score (nSPS) is 11.4. The van der Waals surface area contributed by atoms with E-state index >= 15 is 0 Å². The van der Waals surface area contributed by atoms with Crippen molar-refractivity contribution in [3.63, 3.8) is 0 Å². The molecule has 0 unspecified atom stereocenters. The Kier molecular flexibility index (Phi) is 5.35. The lowest BCUT2D eigenvalue weighted by atomic mass is 10.1. The summed E-state index contributed by atoms with van der Waals surface area (Å²) in [5, 5.41) is 4.49. The highest BCUT2D eigenvalue weighted by molar-refractivity contribution is 7.89. The molecule has 0 bridgehead atoms. The van der Waals surface area contributed by atoms with Gasteiger partial charge in [0.25, 0.3) is 0 Å². The lowest BCUT2D eigenvalue weighted by molar-refractivity contribution is -0.115. The van der Waals surface area contributed by atoms with E-state index in [1.807, 2.05) is 49.4 Å². The minimum Gasteiger partial charge on any atom is -0.325 e. The number of hydrogen-bond acceptors (Lipinski definition) is 3. The highest BCUT2D eigenvalue weighted by Gasteiger charge is 2.16. The number of anilines is 1. The lowest BCUT2D eigenvalue weighted by Gasteiger charge is -2.09. The molecular formula is C20H20N2O3S. The number of nitrogens with one attached hydrogen (secondary N) is 2. The van der Waals surface area contributed by atoms with Crippen molar-refractivity contribution >= 4 is 32.4 Å². The minimum atomic E-state index is -3.76. The van der Waals surface area contributed by atoms with Gasteiger partial charge in [0.05, 0.1) is 11.4 Å². The lowest BCUT2D eigenvalue weighted by Crippen LogP contribution is -2.32. The third-order valence-electron chi connectivity index (χ3n) is 4.07. The van der Waals surface area contributed by atoms with Crippen LogP contribution in [0.3, 0.4) is 0 Å². The third kappa shape index (κ3) is 4.28. The van der Waals surface area contributed by atoms with Gasteiger partial charge in [-0.25, -0.2) is 13.1 Å². The summed E-state index contributed by atoms with van der Waals surface area (Å²) in [5.74, 6) is -0.414. The Balaban J connectivity index is 1.67. The fraction of sp³-hybridized carbons (Fsp3) is 0.150. The summed E-state index contributed by atoms with van der Waals surface area (Å²) in [5.41, 5.74) is 1.75. The quantitative estimate of drug-likeness (QED) is 0.701. The molecule has 0 aliphatic carbocycles. The SMILES string of the molecule is CCc1cccc(NC(=O)CNS(=O)(=O)c2ccc3ccccc3c2)c1. The minimum absolute atomic E-state index is 0.136. The molecule has 26 heavy (non-hydrogen) atoms. The molecule has 0 saturated heterocycles. The predicted molar refractivity (Wildman–Crippen MR) is 104 cm³/mol. The molecule has 0 saturated carbocycles. The molecule has 0 aliphatic heterocycles. The Morgan fingerprint density at radius 2 is 1.69 bits per heavy atom. The summed E-state index contributed by atoms with van der Waals surface area (Å²) in [6, 6.07) is 19.9. The van der Waals surface area contributed by atoms with Gasteiger partial charge < -0.3 is 5.32 Å². The van der Waals surface area contributed by atoms with Crippen LogP contribution in [0.15, 0.2) is 71.6 Å². The van der Waals surface area contributed by atoms with Crippen LogP contribution in [0.25, 0.3) is 10.8 Å². The van der Waals surface area contributed by atoms with Gasteiger partial charge >= 0.3 is 0 Å². The molecule has 2 N–H and O–H groups in total. The number of sulfonamides is 1. The number of fused-ring (bicyclic) bond motifs is 1. The number of hydrogen-bond donors (Lipinski definition) is 2. The number of carbonyl (C=O) groups is 1. The van der Waals surface area contributed by atoms with Crippen molar-refractivity contribution < 1.29 is 13.2 Å². The summed E-state index contributed by atoms with van der Waals surface area (Å²) in [7, 11) is -3.76. The van der Waals surface area contributed by atoms with Gasteiger partial charge in [-0.3, -0.25) is 4.79 Å². The van der Waals surface area contributed by atoms with Gasteiger partial charge in [0.2, 0.25) is 15.9 Å². The van der Waals surface area contributed by atoms with Crippen LogP contribution in [0.2, 0.25) is 0 Å². The van der Waals surface area contributed by atoms with E-state index in [2.05, 4.69) is 10.0 Å². The maximum atomic E-state index is 12.4. The zero-order valence-electron chi connectivity index (χ0n) is 14.4. The standard InChI is InChI=1S/C20H20N2O3S/c1-2-15-6-5-9-18(12-15)22-20(23)14-21-26(24,25)19-11-10-16-7-3-4-8-17(16)13-19/h3-13,21H,2,14H2,1H3,(H,22,23). The van der Waals surface area contributed by atoms with Crippen molar-refractivity contribution in [1.29, 1.82) is 0 Å². The van der Waals surface area contributed by atoms with E-state index in [9.17, 15) is 13.2 Å². The van der Waals surface area contributed by atoms with Gasteiger partial charge in [0.1, 0.15) is 0 Å². The predicted octanol–water partition coefficient (Wildman–Crippen LogP) is 3.32. The molecule has 1 amide bonds. The highest BCUT2D eigenvalue weighted by atomic mass is 32.2. The van der Waals surface area contributed by atoms with E-state index in [1.165, 1.54) is 6.07 Å². The van der Waals surface area contributed by atoms with Crippen molar-refractivity contribution in [2.45, 2.75) is 18.2 Å². The molecule has 0 radical (unpaired) electrons. The van der Waals surface area contributed by atoms with E-state index in [-0.39, 0.29) is 11.4 Å². The van der Waals surface area contributed by atoms with Crippen LogP contribution in [0.5, 0.6) is 0 Å². The van der Waals surface area contributed by atoms with E-state index in [4.69, 9.17) is 0 Å². The first-order valence-corrected chi connectivity index (χ1v) is 9.83. The molecule has 5 nitrogen and oxygen atoms in total. The third-order valence-corrected chi connectivity index (χ3v) is 5.47. The van der Waals surface area contributed by atoms with E-state index in [1.54, 1.807) is 18.2 Å². The van der Waals surface area contributed by atoms with Crippen molar-refractivity contribution in [2.75, 3.05) is 11.9 Å². The molecule has 0 fully saturated rings. The molecule has 0 heterocycles. The van der Waals surface area contributed by atoms with Gasteiger partial charge in [0, 0.05) is 5.69 Å². The number of benzene rings is 3. The molecule has 0 aromatic heterocycles.